The molecule has 0 bridgehead atoms. The Morgan fingerprint density at radius 2 is 1.67 bits per heavy atom. The fraction of sp³-hybridized carbons (Fsp3) is 0.158. The minimum Gasteiger partial charge on any atom is -0.543 e. The first kappa shape index (κ1) is 17.3. The van der Waals surface area contributed by atoms with Gasteiger partial charge in [0.1, 0.15) is 5.75 Å². The fourth-order valence-electron chi connectivity index (χ4n) is 2.01. The normalized spacial score (nSPS) is 11.2. The number of carbonyl (C=O) groups is 2. The van der Waals surface area contributed by atoms with Crippen LogP contribution in [0.15, 0.2) is 60.3 Å². The van der Waals surface area contributed by atoms with E-state index in [1.165, 1.54) is 6.08 Å². The van der Waals surface area contributed by atoms with Crippen molar-refractivity contribution in [3.63, 3.8) is 0 Å². The molecule has 0 aliphatic carbocycles. The van der Waals surface area contributed by atoms with Gasteiger partial charge in [-0.2, -0.15) is 0 Å². The summed E-state index contributed by atoms with van der Waals surface area (Å²) in [5.74, 6) is -1.28. The standard InChI is InChI=1S/C19H19NO4/c1-13(2)24-16-10-8-14(9-11-16)12-17(19(22)23)20-18(21)15-6-4-3-5-7-15/h3-13H,1-2H3,(H,20,21)(H,22,23)/p-1/b17-12+. The summed E-state index contributed by atoms with van der Waals surface area (Å²) in [5, 5.41) is 13.6. The van der Waals surface area contributed by atoms with Gasteiger partial charge in [-0.25, -0.2) is 0 Å². The lowest BCUT2D eigenvalue weighted by Gasteiger charge is -2.12. The number of carboxylic acids is 1. The number of hydrogen-bond donors (Lipinski definition) is 1. The molecule has 2 aromatic rings. The van der Waals surface area contributed by atoms with Gasteiger partial charge in [0, 0.05) is 5.56 Å². The van der Waals surface area contributed by atoms with Crippen LogP contribution in [0.4, 0.5) is 0 Å². The molecular weight excluding hydrogens is 306 g/mol. The van der Waals surface area contributed by atoms with Crippen molar-refractivity contribution in [2.24, 2.45) is 0 Å². The minimum absolute atomic E-state index is 0.0512. The molecule has 2 aromatic carbocycles. The number of benzene rings is 2. The summed E-state index contributed by atoms with van der Waals surface area (Å²) in [5.41, 5.74) is 0.672. The molecule has 1 amide bonds. The van der Waals surface area contributed by atoms with E-state index in [2.05, 4.69) is 5.32 Å². The largest absolute Gasteiger partial charge is 0.543 e. The smallest absolute Gasteiger partial charge is 0.255 e. The van der Waals surface area contributed by atoms with E-state index in [4.69, 9.17) is 4.74 Å². The molecule has 1 N–H and O–H groups in total. The molecule has 0 aliphatic rings. The lowest BCUT2D eigenvalue weighted by Crippen LogP contribution is -2.35. The highest BCUT2D eigenvalue weighted by Crippen LogP contribution is 2.15. The van der Waals surface area contributed by atoms with Crippen LogP contribution >= 0.6 is 0 Å². The molecule has 5 nitrogen and oxygen atoms in total. The van der Waals surface area contributed by atoms with Crippen LogP contribution in [0, 0.1) is 0 Å². The molecule has 5 heteroatoms. The van der Waals surface area contributed by atoms with E-state index in [0.29, 0.717) is 16.9 Å². The third kappa shape index (κ3) is 4.98. The number of carbonyl (C=O) groups excluding carboxylic acids is 2. The number of hydrogen-bond acceptors (Lipinski definition) is 4. The number of nitrogens with one attached hydrogen (secondary N) is 1. The Morgan fingerprint density at radius 3 is 2.21 bits per heavy atom. The lowest BCUT2D eigenvalue weighted by molar-refractivity contribution is -0.299. The van der Waals surface area contributed by atoms with Gasteiger partial charge >= 0.3 is 0 Å². The summed E-state index contributed by atoms with van der Waals surface area (Å²) in [6.07, 6.45) is 1.39. The molecule has 0 radical (unpaired) electrons. The van der Waals surface area contributed by atoms with E-state index in [9.17, 15) is 14.7 Å². The average molecular weight is 324 g/mol. The van der Waals surface area contributed by atoms with Crippen LogP contribution in [0.2, 0.25) is 0 Å². The minimum atomic E-state index is -1.46. The predicted molar refractivity (Wildman–Crippen MR) is 89.1 cm³/mol. The van der Waals surface area contributed by atoms with Gasteiger partial charge in [0.25, 0.3) is 5.91 Å². The number of ether oxygens (including phenoxy) is 1. The van der Waals surface area contributed by atoms with Crippen molar-refractivity contribution in [3.8, 4) is 5.75 Å². The zero-order valence-electron chi connectivity index (χ0n) is 13.5. The Bertz CT molecular complexity index is 734. The van der Waals surface area contributed by atoms with Gasteiger partial charge < -0.3 is 20.0 Å². The maximum absolute atomic E-state index is 12.1. The number of carboxylic acid groups (broad SMARTS) is 1. The van der Waals surface area contributed by atoms with Crippen molar-refractivity contribution >= 4 is 18.0 Å². The van der Waals surface area contributed by atoms with Gasteiger partial charge in [0.15, 0.2) is 0 Å². The van der Waals surface area contributed by atoms with Gasteiger partial charge in [-0.3, -0.25) is 4.79 Å². The zero-order chi connectivity index (χ0) is 17.5. The van der Waals surface area contributed by atoms with E-state index in [1.54, 1.807) is 54.6 Å². The molecule has 0 heterocycles. The Labute approximate surface area is 140 Å². The van der Waals surface area contributed by atoms with Crippen molar-refractivity contribution in [2.75, 3.05) is 0 Å². The monoisotopic (exact) mass is 324 g/mol. The second-order valence-corrected chi connectivity index (χ2v) is 5.40. The van der Waals surface area contributed by atoms with Crippen molar-refractivity contribution in [1.29, 1.82) is 0 Å². The molecule has 2 rings (SSSR count). The Hall–Kier alpha value is -3.08. The Morgan fingerprint density at radius 1 is 1.04 bits per heavy atom. The van der Waals surface area contributed by atoms with E-state index >= 15 is 0 Å². The summed E-state index contributed by atoms with van der Waals surface area (Å²) in [7, 11) is 0. The molecule has 0 saturated heterocycles. The van der Waals surface area contributed by atoms with Crippen LogP contribution in [-0.2, 0) is 4.79 Å². The second kappa shape index (κ2) is 7.97. The molecule has 124 valence electrons. The second-order valence-electron chi connectivity index (χ2n) is 5.40. The molecule has 0 aromatic heterocycles. The van der Waals surface area contributed by atoms with Crippen molar-refractivity contribution in [3.05, 3.63) is 71.4 Å². The van der Waals surface area contributed by atoms with Crippen LogP contribution in [0.25, 0.3) is 6.08 Å². The third-order valence-electron chi connectivity index (χ3n) is 3.07. The van der Waals surface area contributed by atoms with E-state index < -0.39 is 11.9 Å². The molecule has 0 saturated carbocycles. The molecule has 0 unspecified atom stereocenters. The maximum atomic E-state index is 12.1. The molecule has 0 aliphatic heterocycles. The first-order valence-electron chi connectivity index (χ1n) is 7.52. The highest BCUT2D eigenvalue weighted by Gasteiger charge is 2.08. The quantitative estimate of drug-likeness (QED) is 0.824. The summed E-state index contributed by atoms with van der Waals surface area (Å²) in [6.45, 7) is 3.84. The molecule has 24 heavy (non-hydrogen) atoms. The number of aliphatic carboxylic acids is 1. The Kier molecular flexibility index (Phi) is 5.73. The highest BCUT2D eigenvalue weighted by molar-refractivity contribution is 6.02. The maximum Gasteiger partial charge on any atom is 0.255 e. The van der Waals surface area contributed by atoms with Gasteiger partial charge in [-0.05, 0) is 49.8 Å². The van der Waals surface area contributed by atoms with E-state index in [-0.39, 0.29) is 11.8 Å². The first-order valence-corrected chi connectivity index (χ1v) is 7.52. The lowest BCUT2D eigenvalue weighted by atomic mass is 10.1. The summed E-state index contributed by atoms with van der Waals surface area (Å²) < 4.78 is 5.52. The van der Waals surface area contributed by atoms with Crippen LogP contribution in [0.1, 0.15) is 29.8 Å². The molecule has 0 fully saturated rings. The van der Waals surface area contributed by atoms with E-state index in [0.717, 1.165) is 0 Å². The Balaban J connectivity index is 2.16. The third-order valence-corrected chi connectivity index (χ3v) is 3.07. The van der Waals surface area contributed by atoms with Gasteiger partial charge in [-0.1, -0.05) is 30.3 Å². The van der Waals surface area contributed by atoms with Crippen LogP contribution in [-0.4, -0.2) is 18.0 Å². The summed E-state index contributed by atoms with van der Waals surface area (Å²) in [4.78, 5) is 23.3. The SMILES string of the molecule is CC(C)Oc1ccc(/C=C(/NC(=O)c2ccccc2)C(=O)[O-])cc1. The van der Waals surface area contributed by atoms with Crippen LogP contribution < -0.4 is 15.2 Å². The van der Waals surface area contributed by atoms with E-state index in [1.807, 2.05) is 13.8 Å². The van der Waals surface area contributed by atoms with Gasteiger partial charge in [-0.15, -0.1) is 0 Å². The number of rotatable bonds is 6. The molecule has 0 atom stereocenters. The van der Waals surface area contributed by atoms with Crippen LogP contribution in [0.5, 0.6) is 5.75 Å². The average Bonchev–Trinajstić information content (AvgIpc) is 2.56. The highest BCUT2D eigenvalue weighted by atomic mass is 16.5. The predicted octanol–water partition coefficient (Wildman–Crippen LogP) is 1.99. The van der Waals surface area contributed by atoms with Crippen molar-refractivity contribution in [2.45, 2.75) is 20.0 Å². The van der Waals surface area contributed by atoms with Crippen molar-refractivity contribution in [1.82, 2.24) is 5.32 Å². The molecular formula is C19H18NO4-. The molecule has 0 spiro atoms. The van der Waals surface area contributed by atoms with Gasteiger partial charge in [0.2, 0.25) is 0 Å². The van der Waals surface area contributed by atoms with Gasteiger partial charge in [0.05, 0.1) is 17.8 Å². The van der Waals surface area contributed by atoms with Crippen molar-refractivity contribution < 1.29 is 19.4 Å². The fourth-order valence-corrected chi connectivity index (χ4v) is 2.01. The topological polar surface area (TPSA) is 78.5 Å². The zero-order valence-corrected chi connectivity index (χ0v) is 13.5. The first-order chi connectivity index (χ1) is 11.5. The van der Waals surface area contributed by atoms with Crippen LogP contribution in [0.3, 0.4) is 0 Å². The summed E-state index contributed by atoms with van der Waals surface area (Å²) in [6, 6.07) is 15.2. The summed E-state index contributed by atoms with van der Waals surface area (Å²) >= 11 is 0. The number of amides is 1.